The maximum absolute atomic E-state index is 5.87. The highest BCUT2D eigenvalue weighted by molar-refractivity contribution is 7.80. The first-order valence-corrected chi connectivity index (χ1v) is 6.04. The van der Waals surface area contributed by atoms with E-state index in [4.69, 9.17) is 35.4 Å². The fourth-order valence-electron chi connectivity index (χ4n) is 0.978. The number of thiocarbonyl (C=S) groups is 1. The van der Waals surface area contributed by atoms with E-state index in [9.17, 15) is 0 Å². The molecule has 92 valence electrons. The molecule has 0 heterocycles. The van der Waals surface area contributed by atoms with Gasteiger partial charge in [-0.2, -0.15) is 0 Å². The first-order chi connectivity index (χ1) is 7.99. The highest BCUT2D eigenvalue weighted by atomic mass is 35.5. The van der Waals surface area contributed by atoms with Gasteiger partial charge in [0.2, 0.25) is 0 Å². The molecule has 0 fully saturated rings. The Kier molecular flexibility index (Phi) is 5.55. The maximum Gasteiger partial charge on any atom is 0.185 e. The Hall–Kier alpha value is -0.970. The summed E-state index contributed by atoms with van der Waals surface area (Å²) in [6.07, 6.45) is 0. The lowest BCUT2D eigenvalue weighted by atomic mass is 10.3. The first-order valence-electron chi connectivity index (χ1n) is 4.88. The van der Waals surface area contributed by atoms with Crippen LogP contribution in [0, 0.1) is 0 Å². The van der Waals surface area contributed by atoms with E-state index in [2.05, 4.69) is 22.7 Å². The fourth-order valence-corrected chi connectivity index (χ4v) is 1.40. The third-order valence-electron chi connectivity index (χ3n) is 1.79. The van der Waals surface area contributed by atoms with E-state index >= 15 is 0 Å². The van der Waals surface area contributed by atoms with Gasteiger partial charge in [0.15, 0.2) is 5.11 Å². The van der Waals surface area contributed by atoms with Crippen LogP contribution < -0.4 is 16.2 Å². The quantitative estimate of drug-likeness (QED) is 0.451. The lowest BCUT2D eigenvalue weighted by Gasteiger charge is -2.12. The minimum absolute atomic E-state index is 0.485. The van der Waals surface area contributed by atoms with Crippen LogP contribution in [0.1, 0.15) is 6.92 Å². The van der Waals surface area contributed by atoms with Crippen LogP contribution >= 0.6 is 35.4 Å². The molecular weight excluding hydrogens is 277 g/mol. The predicted octanol–water partition coefficient (Wildman–Crippen LogP) is 3.36. The molecule has 0 aliphatic rings. The molecule has 3 nitrogen and oxygen atoms in total. The first kappa shape index (κ1) is 14.1. The van der Waals surface area contributed by atoms with Crippen molar-refractivity contribution >= 4 is 46.2 Å². The van der Waals surface area contributed by atoms with E-state index in [0.717, 1.165) is 11.3 Å². The number of rotatable bonds is 4. The third kappa shape index (κ3) is 5.26. The van der Waals surface area contributed by atoms with Gasteiger partial charge in [0.25, 0.3) is 0 Å². The zero-order chi connectivity index (χ0) is 12.8. The molecule has 0 aliphatic carbocycles. The second-order valence-corrected chi connectivity index (χ2v) is 4.74. The topological polar surface area (TPSA) is 36.1 Å². The van der Waals surface area contributed by atoms with E-state index in [1.54, 1.807) is 18.2 Å². The van der Waals surface area contributed by atoms with Crippen molar-refractivity contribution in [3.05, 3.63) is 40.4 Å². The standard InChI is InChI=1S/C11H13Cl2N3S/c1-7(2)6-14-11(17)16-15-8-3-4-9(12)10(13)5-8/h3-5,15H,1,6H2,2H3,(H2,14,16,17). The molecule has 0 saturated heterocycles. The smallest absolute Gasteiger partial charge is 0.185 e. The molecule has 0 saturated carbocycles. The number of anilines is 1. The van der Waals surface area contributed by atoms with Gasteiger partial charge in [0.05, 0.1) is 15.7 Å². The highest BCUT2D eigenvalue weighted by Crippen LogP contribution is 2.24. The summed E-state index contributed by atoms with van der Waals surface area (Å²) in [6.45, 7) is 6.32. The molecule has 1 aromatic rings. The monoisotopic (exact) mass is 289 g/mol. The van der Waals surface area contributed by atoms with Crippen LogP contribution in [0.4, 0.5) is 5.69 Å². The van der Waals surface area contributed by atoms with Crippen LogP contribution in [0.15, 0.2) is 30.4 Å². The number of benzene rings is 1. The summed E-state index contributed by atoms with van der Waals surface area (Å²) in [5, 5.41) is 4.46. The van der Waals surface area contributed by atoms with Crippen molar-refractivity contribution in [3.8, 4) is 0 Å². The molecule has 0 unspecified atom stereocenters. The predicted molar refractivity (Wildman–Crippen MR) is 78.6 cm³/mol. The second-order valence-electron chi connectivity index (χ2n) is 3.52. The van der Waals surface area contributed by atoms with Crippen LogP contribution in [0.3, 0.4) is 0 Å². The Labute approximate surface area is 116 Å². The minimum atomic E-state index is 0.485. The van der Waals surface area contributed by atoms with Crippen LogP contribution in [-0.2, 0) is 0 Å². The Bertz CT molecular complexity index is 435. The molecule has 1 aromatic carbocycles. The SMILES string of the molecule is C=C(C)CNC(=S)NNc1ccc(Cl)c(Cl)c1. The molecule has 0 bridgehead atoms. The van der Waals surface area contributed by atoms with E-state index in [1.807, 2.05) is 6.92 Å². The molecule has 3 N–H and O–H groups in total. The molecule has 0 aliphatic heterocycles. The van der Waals surface area contributed by atoms with Crippen molar-refractivity contribution in [2.45, 2.75) is 6.92 Å². The average Bonchev–Trinajstić information content (AvgIpc) is 2.28. The maximum atomic E-state index is 5.87. The van der Waals surface area contributed by atoms with E-state index in [-0.39, 0.29) is 0 Å². The lowest BCUT2D eigenvalue weighted by molar-refractivity contribution is 0.944. The van der Waals surface area contributed by atoms with Gasteiger partial charge < -0.3 is 5.32 Å². The Morgan fingerprint density at radius 3 is 2.65 bits per heavy atom. The van der Waals surface area contributed by atoms with Gasteiger partial charge in [0, 0.05) is 6.54 Å². The summed E-state index contributed by atoms with van der Waals surface area (Å²) >= 11 is 16.7. The molecule has 0 atom stereocenters. The van der Waals surface area contributed by atoms with E-state index < -0.39 is 0 Å². The zero-order valence-electron chi connectivity index (χ0n) is 9.31. The Balaban J connectivity index is 2.42. The Morgan fingerprint density at radius 2 is 2.06 bits per heavy atom. The summed E-state index contributed by atoms with van der Waals surface area (Å²) < 4.78 is 0. The van der Waals surface area contributed by atoms with Gasteiger partial charge >= 0.3 is 0 Å². The third-order valence-corrected chi connectivity index (χ3v) is 2.78. The molecular formula is C11H13Cl2N3S. The van der Waals surface area contributed by atoms with Crippen LogP contribution in [0.5, 0.6) is 0 Å². The molecule has 0 amide bonds. The number of nitrogens with one attached hydrogen (secondary N) is 3. The minimum Gasteiger partial charge on any atom is -0.358 e. The summed E-state index contributed by atoms with van der Waals surface area (Å²) in [4.78, 5) is 0. The van der Waals surface area contributed by atoms with Crippen molar-refractivity contribution in [1.82, 2.24) is 10.7 Å². The Morgan fingerprint density at radius 1 is 1.35 bits per heavy atom. The highest BCUT2D eigenvalue weighted by Gasteiger charge is 1.99. The number of hydrazine groups is 1. The molecule has 1 rings (SSSR count). The van der Waals surface area contributed by atoms with Gasteiger partial charge in [-0.1, -0.05) is 35.4 Å². The molecule has 17 heavy (non-hydrogen) atoms. The second kappa shape index (κ2) is 6.69. The number of hydrogen-bond donors (Lipinski definition) is 3. The molecule has 0 radical (unpaired) electrons. The van der Waals surface area contributed by atoms with Gasteiger partial charge in [-0.05, 0) is 37.3 Å². The van der Waals surface area contributed by atoms with Gasteiger partial charge in [-0.25, -0.2) is 0 Å². The van der Waals surface area contributed by atoms with Crippen molar-refractivity contribution in [2.75, 3.05) is 12.0 Å². The van der Waals surface area contributed by atoms with Crippen molar-refractivity contribution in [3.63, 3.8) is 0 Å². The van der Waals surface area contributed by atoms with Gasteiger partial charge in [-0.15, -0.1) is 0 Å². The average molecular weight is 290 g/mol. The van der Waals surface area contributed by atoms with Crippen molar-refractivity contribution in [1.29, 1.82) is 0 Å². The number of halogens is 2. The number of hydrogen-bond acceptors (Lipinski definition) is 2. The van der Waals surface area contributed by atoms with Crippen LogP contribution in [-0.4, -0.2) is 11.7 Å². The summed E-state index contributed by atoms with van der Waals surface area (Å²) in [5.74, 6) is 0. The fraction of sp³-hybridized carbons (Fsp3) is 0.182. The van der Waals surface area contributed by atoms with E-state index in [0.29, 0.717) is 21.7 Å². The zero-order valence-corrected chi connectivity index (χ0v) is 11.6. The summed E-state index contributed by atoms with van der Waals surface area (Å²) in [7, 11) is 0. The summed E-state index contributed by atoms with van der Waals surface area (Å²) in [5.41, 5.74) is 7.52. The molecule has 6 heteroatoms. The normalized spacial score (nSPS) is 9.59. The summed E-state index contributed by atoms with van der Waals surface area (Å²) in [6, 6.07) is 5.21. The lowest BCUT2D eigenvalue weighted by Crippen LogP contribution is -2.39. The van der Waals surface area contributed by atoms with Crippen molar-refractivity contribution < 1.29 is 0 Å². The van der Waals surface area contributed by atoms with Crippen molar-refractivity contribution in [2.24, 2.45) is 0 Å². The van der Waals surface area contributed by atoms with Crippen LogP contribution in [0.2, 0.25) is 10.0 Å². The van der Waals surface area contributed by atoms with Gasteiger partial charge in [0.1, 0.15) is 0 Å². The molecule has 0 aromatic heterocycles. The van der Waals surface area contributed by atoms with Crippen LogP contribution in [0.25, 0.3) is 0 Å². The molecule has 0 spiro atoms. The van der Waals surface area contributed by atoms with E-state index in [1.165, 1.54) is 0 Å². The van der Waals surface area contributed by atoms with Gasteiger partial charge in [-0.3, -0.25) is 10.9 Å². The largest absolute Gasteiger partial charge is 0.358 e.